The van der Waals surface area contributed by atoms with Gasteiger partial charge >= 0.3 is 6.03 Å². The highest BCUT2D eigenvalue weighted by Gasteiger charge is 2.16. The van der Waals surface area contributed by atoms with Crippen LogP contribution in [-0.4, -0.2) is 68.7 Å². The predicted octanol–water partition coefficient (Wildman–Crippen LogP) is 2.58. The summed E-state index contributed by atoms with van der Waals surface area (Å²) in [6.07, 6.45) is 4.47. The minimum atomic E-state index is -0.0555. The summed E-state index contributed by atoms with van der Waals surface area (Å²) in [7, 11) is 4.08. The van der Waals surface area contributed by atoms with E-state index in [1.807, 2.05) is 32.3 Å². The SMILES string of the molecule is CC1CCN(CCCNC(=O)NC(Cc2ccccc2)CN(C)C)CC1. The summed E-state index contributed by atoms with van der Waals surface area (Å²) in [5, 5.41) is 6.16. The minimum Gasteiger partial charge on any atom is -0.338 e. The lowest BCUT2D eigenvalue weighted by Crippen LogP contribution is -2.48. The molecule has 146 valence electrons. The monoisotopic (exact) mass is 360 g/mol. The van der Waals surface area contributed by atoms with Gasteiger partial charge in [0, 0.05) is 19.1 Å². The van der Waals surface area contributed by atoms with Crippen molar-refractivity contribution >= 4 is 6.03 Å². The fraction of sp³-hybridized carbons (Fsp3) is 0.667. The first-order valence-corrected chi connectivity index (χ1v) is 9.98. The quantitative estimate of drug-likeness (QED) is 0.666. The Morgan fingerprint density at radius 2 is 1.92 bits per heavy atom. The Bertz CT molecular complexity index is 512. The molecule has 2 amide bonds. The second-order valence-corrected chi connectivity index (χ2v) is 7.93. The van der Waals surface area contributed by atoms with Gasteiger partial charge in [-0.3, -0.25) is 0 Å². The molecule has 0 radical (unpaired) electrons. The molecule has 1 unspecified atom stereocenters. The Hall–Kier alpha value is -1.59. The van der Waals surface area contributed by atoms with Crippen LogP contribution in [0, 0.1) is 5.92 Å². The Kier molecular flexibility index (Phi) is 8.92. The third-order valence-corrected chi connectivity index (χ3v) is 5.06. The maximum Gasteiger partial charge on any atom is 0.315 e. The van der Waals surface area contributed by atoms with E-state index >= 15 is 0 Å². The molecule has 0 saturated carbocycles. The van der Waals surface area contributed by atoms with Crippen LogP contribution in [0.25, 0.3) is 0 Å². The minimum absolute atomic E-state index is 0.0555. The van der Waals surface area contributed by atoms with Gasteiger partial charge in [0.25, 0.3) is 0 Å². The fourth-order valence-electron chi connectivity index (χ4n) is 3.53. The number of likely N-dealkylation sites (N-methyl/N-ethyl adjacent to an activating group) is 1. The van der Waals surface area contributed by atoms with E-state index in [2.05, 4.69) is 39.5 Å². The molecule has 26 heavy (non-hydrogen) atoms. The van der Waals surface area contributed by atoms with E-state index in [-0.39, 0.29) is 12.1 Å². The van der Waals surface area contributed by atoms with Gasteiger partial charge in [0.1, 0.15) is 0 Å². The summed E-state index contributed by atoms with van der Waals surface area (Å²) in [4.78, 5) is 16.9. The number of urea groups is 1. The van der Waals surface area contributed by atoms with Crippen molar-refractivity contribution in [1.82, 2.24) is 20.4 Å². The van der Waals surface area contributed by atoms with Crippen molar-refractivity contribution in [2.24, 2.45) is 5.92 Å². The molecule has 0 aromatic heterocycles. The maximum absolute atomic E-state index is 12.3. The van der Waals surface area contributed by atoms with Crippen LogP contribution in [0.1, 0.15) is 31.7 Å². The number of nitrogens with one attached hydrogen (secondary N) is 2. The molecule has 2 N–H and O–H groups in total. The number of carbonyl (C=O) groups is 1. The summed E-state index contributed by atoms with van der Waals surface area (Å²) in [6, 6.07) is 10.4. The van der Waals surface area contributed by atoms with Crippen LogP contribution in [0.3, 0.4) is 0 Å². The van der Waals surface area contributed by atoms with Gasteiger partial charge in [-0.25, -0.2) is 4.79 Å². The third-order valence-electron chi connectivity index (χ3n) is 5.06. The second-order valence-electron chi connectivity index (χ2n) is 7.93. The largest absolute Gasteiger partial charge is 0.338 e. The van der Waals surface area contributed by atoms with E-state index < -0.39 is 0 Å². The summed E-state index contributed by atoms with van der Waals surface area (Å²) >= 11 is 0. The Morgan fingerprint density at radius 3 is 2.58 bits per heavy atom. The van der Waals surface area contributed by atoms with Gasteiger partial charge in [-0.15, -0.1) is 0 Å². The normalized spacial score (nSPS) is 17.2. The van der Waals surface area contributed by atoms with Crippen LogP contribution in [0.4, 0.5) is 4.79 Å². The highest BCUT2D eigenvalue weighted by Crippen LogP contribution is 2.15. The zero-order valence-electron chi connectivity index (χ0n) is 16.7. The van der Waals surface area contributed by atoms with E-state index in [1.54, 1.807) is 0 Å². The first-order valence-electron chi connectivity index (χ1n) is 9.98. The molecule has 1 heterocycles. The van der Waals surface area contributed by atoms with Crippen LogP contribution in [0.2, 0.25) is 0 Å². The first kappa shape index (κ1) is 20.7. The predicted molar refractivity (Wildman–Crippen MR) is 108 cm³/mol. The number of nitrogens with zero attached hydrogens (tertiary/aromatic N) is 2. The molecule has 1 saturated heterocycles. The number of rotatable bonds is 9. The molecule has 2 rings (SSSR count). The molecule has 1 atom stereocenters. The van der Waals surface area contributed by atoms with Crippen molar-refractivity contribution in [2.75, 3.05) is 46.8 Å². The van der Waals surface area contributed by atoms with Gasteiger partial charge in [0.2, 0.25) is 0 Å². The number of hydrogen-bond donors (Lipinski definition) is 2. The Labute approximate surface area is 159 Å². The summed E-state index contributed by atoms with van der Waals surface area (Å²) < 4.78 is 0. The summed E-state index contributed by atoms with van der Waals surface area (Å²) in [5.74, 6) is 0.869. The number of amides is 2. The van der Waals surface area contributed by atoms with Crippen LogP contribution in [0.15, 0.2) is 30.3 Å². The van der Waals surface area contributed by atoms with Crippen molar-refractivity contribution in [2.45, 2.75) is 38.6 Å². The summed E-state index contributed by atoms with van der Waals surface area (Å²) in [6.45, 7) is 7.39. The van der Waals surface area contributed by atoms with Crippen molar-refractivity contribution < 1.29 is 4.79 Å². The average molecular weight is 361 g/mol. The topological polar surface area (TPSA) is 47.6 Å². The second kappa shape index (κ2) is 11.2. The van der Waals surface area contributed by atoms with Crippen LogP contribution >= 0.6 is 0 Å². The van der Waals surface area contributed by atoms with Crippen LogP contribution in [0.5, 0.6) is 0 Å². The molecule has 1 fully saturated rings. The molecule has 5 heteroatoms. The number of benzene rings is 1. The highest BCUT2D eigenvalue weighted by molar-refractivity contribution is 5.74. The van der Waals surface area contributed by atoms with E-state index in [4.69, 9.17) is 0 Å². The summed E-state index contributed by atoms with van der Waals surface area (Å²) in [5.41, 5.74) is 1.25. The van der Waals surface area contributed by atoms with Gasteiger partial charge in [0.05, 0.1) is 0 Å². The van der Waals surface area contributed by atoms with Gasteiger partial charge in [-0.05, 0) is 70.9 Å². The van der Waals surface area contributed by atoms with E-state index in [0.717, 1.165) is 38.4 Å². The Balaban J connectivity index is 1.67. The van der Waals surface area contributed by atoms with E-state index in [0.29, 0.717) is 0 Å². The maximum atomic E-state index is 12.3. The number of hydrogen-bond acceptors (Lipinski definition) is 3. The van der Waals surface area contributed by atoms with E-state index in [1.165, 1.54) is 31.5 Å². The highest BCUT2D eigenvalue weighted by atomic mass is 16.2. The molecule has 1 aliphatic rings. The zero-order chi connectivity index (χ0) is 18.8. The lowest BCUT2D eigenvalue weighted by molar-refractivity contribution is 0.190. The lowest BCUT2D eigenvalue weighted by Gasteiger charge is -2.30. The van der Waals surface area contributed by atoms with Crippen LogP contribution < -0.4 is 10.6 Å². The van der Waals surface area contributed by atoms with Gasteiger partial charge in [-0.1, -0.05) is 37.3 Å². The molecule has 1 aliphatic heterocycles. The van der Waals surface area contributed by atoms with Crippen molar-refractivity contribution in [1.29, 1.82) is 0 Å². The molecule has 0 aliphatic carbocycles. The molecule has 1 aromatic carbocycles. The molecule has 0 spiro atoms. The molecular weight excluding hydrogens is 324 g/mol. The Morgan fingerprint density at radius 1 is 1.23 bits per heavy atom. The molecule has 1 aromatic rings. The number of carbonyl (C=O) groups excluding carboxylic acids is 1. The van der Waals surface area contributed by atoms with Crippen molar-refractivity contribution in [3.63, 3.8) is 0 Å². The van der Waals surface area contributed by atoms with Gasteiger partial charge in [0.15, 0.2) is 0 Å². The molecule has 0 bridgehead atoms. The van der Waals surface area contributed by atoms with Crippen molar-refractivity contribution in [3.05, 3.63) is 35.9 Å². The smallest absolute Gasteiger partial charge is 0.315 e. The fourth-order valence-corrected chi connectivity index (χ4v) is 3.53. The van der Waals surface area contributed by atoms with Gasteiger partial charge in [-0.2, -0.15) is 0 Å². The van der Waals surface area contributed by atoms with Crippen LogP contribution in [-0.2, 0) is 6.42 Å². The standard InChI is InChI=1S/C21H36N4O/c1-18-10-14-25(15-11-18)13-7-12-22-21(26)23-20(17-24(2)3)16-19-8-5-4-6-9-19/h4-6,8-9,18,20H,7,10-17H2,1-3H3,(H2,22,23,26). The van der Waals surface area contributed by atoms with Crippen molar-refractivity contribution in [3.8, 4) is 0 Å². The zero-order valence-corrected chi connectivity index (χ0v) is 16.7. The molecule has 5 nitrogen and oxygen atoms in total. The lowest BCUT2D eigenvalue weighted by atomic mass is 9.99. The van der Waals surface area contributed by atoms with Gasteiger partial charge < -0.3 is 20.4 Å². The number of likely N-dealkylation sites (tertiary alicyclic amines) is 1. The third kappa shape index (κ3) is 8.19. The first-order chi connectivity index (χ1) is 12.5. The molecular formula is C21H36N4O. The van der Waals surface area contributed by atoms with E-state index in [9.17, 15) is 4.79 Å². The number of piperidine rings is 1. The average Bonchev–Trinajstić information content (AvgIpc) is 2.60.